The van der Waals surface area contributed by atoms with Crippen molar-refractivity contribution in [2.45, 2.75) is 30.2 Å². The zero-order valence-corrected chi connectivity index (χ0v) is 12.1. The molecule has 0 spiro atoms. The lowest BCUT2D eigenvalue weighted by molar-refractivity contribution is 0.159. The molecule has 1 atom stereocenters. The van der Waals surface area contributed by atoms with Crippen LogP contribution >= 0.6 is 11.8 Å². The number of aliphatic hydroxyl groups excluding tert-OH is 1. The van der Waals surface area contributed by atoms with Crippen molar-refractivity contribution < 1.29 is 9.90 Å². The molecule has 2 amide bonds. The van der Waals surface area contributed by atoms with Crippen LogP contribution in [0.2, 0.25) is 0 Å². The molecule has 4 nitrogen and oxygen atoms in total. The van der Waals surface area contributed by atoms with E-state index in [1.54, 1.807) is 11.8 Å². The Labute approximate surface area is 118 Å². The Bertz CT molecular complexity index is 463. The van der Waals surface area contributed by atoms with Crippen LogP contribution in [0.5, 0.6) is 0 Å². The highest BCUT2D eigenvalue weighted by molar-refractivity contribution is 7.98. The van der Waals surface area contributed by atoms with E-state index in [4.69, 9.17) is 0 Å². The van der Waals surface area contributed by atoms with E-state index >= 15 is 0 Å². The van der Waals surface area contributed by atoms with Crippen molar-refractivity contribution in [3.05, 3.63) is 24.3 Å². The van der Waals surface area contributed by atoms with Gasteiger partial charge in [0.15, 0.2) is 0 Å². The van der Waals surface area contributed by atoms with Crippen molar-refractivity contribution in [2.24, 2.45) is 5.92 Å². The Morgan fingerprint density at radius 1 is 1.53 bits per heavy atom. The van der Waals surface area contributed by atoms with Crippen LogP contribution in [0.1, 0.15) is 19.8 Å². The molecule has 1 fully saturated rings. The average molecular weight is 280 g/mol. The third kappa shape index (κ3) is 3.64. The third-order valence-corrected chi connectivity index (χ3v) is 4.26. The van der Waals surface area contributed by atoms with Crippen LogP contribution in [0.15, 0.2) is 29.2 Å². The maximum atomic E-state index is 12.0. The van der Waals surface area contributed by atoms with Gasteiger partial charge in [-0.05, 0) is 50.1 Å². The topological polar surface area (TPSA) is 61.4 Å². The summed E-state index contributed by atoms with van der Waals surface area (Å²) in [5.41, 5.74) is 0.252. The first-order valence-corrected chi connectivity index (χ1v) is 7.64. The van der Waals surface area contributed by atoms with Gasteiger partial charge in [0.05, 0.1) is 12.1 Å². The molecule has 0 heterocycles. The summed E-state index contributed by atoms with van der Waals surface area (Å²) < 4.78 is 0. The van der Waals surface area contributed by atoms with Crippen molar-refractivity contribution in [2.75, 3.05) is 18.2 Å². The minimum atomic E-state index is -0.513. The van der Waals surface area contributed by atoms with Gasteiger partial charge in [0.25, 0.3) is 0 Å². The predicted octanol–water partition coefficient (Wildman–Crippen LogP) is 2.69. The molecule has 19 heavy (non-hydrogen) atoms. The van der Waals surface area contributed by atoms with Crippen LogP contribution in [-0.2, 0) is 0 Å². The van der Waals surface area contributed by atoms with E-state index in [0.29, 0.717) is 5.92 Å². The Balaban J connectivity index is 1.96. The van der Waals surface area contributed by atoms with Gasteiger partial charge in [0.2, 0.25) is 0 Å². The van der Waals surface area contributed by atoms with Gasteiger partial charge in [0, 0.05) is 10.6 Å². The number of amides is 2. The first-order valence-electron chi connectivity index (χ1n) is 6.41. The smallest absolute Gasteiger partial charge is 0.319 e. The van der Waals surface area contributed by atoms with Gasteiger partial charge < -0.3 is 15.7 Å². The largest absolute Gasteiger partial charge is 0.394 e. The molecule has 1 aliphatic rings. The normalized spacial score (nSPS) is 17.6. The van der Waals surface area contributed by atoms with Crippen LogP contribution in [-0.4, -0.2) is 29.5 Å². The maximum Gasteiger partial charge on any atom is 0.319 e. The average Bonchev–Trinajstić information content (AvgIpc) is 3.23. The maximum absolute atomic E-state index is 12.0. The van der Waals surface area contributed by atoms with Crippen molar-refractivity contribution in [3.8, 4) is 0 Å². The lowest BCUT2D eigenvalue weighted by Crippen LogP contribution is -2.52. The zero-order chi connectivity index (χ0) is 13.9. The van der Waals surface area contributed by atoms with Crippen molar-refractivity contribution in [1.82, 2.24) is 5.32 Å². The number of nitrogens with one attached hydrogen (secondary N) is 2. The molecule has 5 heteroatoms. The monoisotopic (exact) mass is 280 g/mol. The van der Waals surface area contributed by atoms with E-state index in [1.807, 2.05) is 37.4 Å². The molecule has 104 valence electrons. The number of benzene rings is 1. The quantitative estimate of drug-likeness (QED) is 0.727. The highest BCUT2D eigenvalue weighted by Crippen LogP contribution is 2.39. The summed E-state index contributed by atoms with van der Waals surface area (Å²) in [4.78, 5) is 13.1. The van der Waals surface area contributed by atoms with E-state index in [-0.39, 0.29) is 12.6 Å². The molecular weight excluding hydrogens is 260 g/mol. The van der Waals surface area contributed by atoms with Gasteiger partial charge in [-0.1, -0.05) is 6.07 Å². The number of hydrogen-bond acceptors (Lipinski definition) is 3. The molecule has 1 aromatic rings. The van der Waals surface area contributed by atoms with Gasteiger partial charge in [-0.25, -0.2) is 4.79 Å². The minimum absolute atomic E-state index is 0.0318. The second-order valence-electron chi connectivity index (χ2n) is 5.16. The van der Waals surface area contributed by atoms with Gasteiger partial charge in [-0.15, -0.1) is 11.8 Å². The summed E-state index contributed by atoms with van der Waals surface area (Å²) >= 11 is 1.63. The number of thioether (sulfide) groups is 1. The fourth-order valence-electron chi connectivity index (χ4n) is 2.11. The van der Waals surface area contributed by atoms with Gasteiger partial charge >= 0.3 is 6.03 Å². The first-order chi connectivity index (χ1) is 9.07. The summed E-state index contributed by atoms with van der Waals surface area (Å²) in [5, 5.41) is 15.1. The standard InChI is InChI=1S/C14H20N2O2S/c1-14(9-17,10-6-7-10)16-13(18)15-11-4-3-5-12(8-11)19-2/h3-5,8,10,17H,6-7,9H2,1-2H3,(H2,15,16,18). The number of hydrogen-bond donors (Lipinski definition) is 3. The minimum Gasteiger partial charge on any atom is -0.394 e. The molecule has 3 N–H and O–H groups in total. The van der Waals surface area contributed by atoms with Crippen LogP contribution < -0.4 is 10.6 Å². The lowest BCUT2D eigenvalue weighted by Gasteiger charge is -2.28. The molecule has 1 aliphatic carbocycles. The van der Waals surface area contributed by atoms with Crippen LogP contribution in [0.3, 0.4) is 0 Å². The Morgan fingerprint density at radius 2 is 2.26 bits per heavy atom. The third-order valence-electron chi connectivity index (χ3n) is 3.53. The highest BCUT2D eigenvalue weighted by Gasteiger charge is 2.42. The molecule has 0 saturated heterocycles. The molecule has 2 rings (SSSR count). The van der Waals surface area contributed by atoms with Crippen molar-refractivity contribution in [1.29, 1.82) is 0 Å². The molecular formula is C14H20N2O2S. The lowest BCUT2D eigenvalue weighted by atomic mass is 9.97. The molecule has 1 aromatic carbocycles. The Kier molecular flexibility index (Phi) is 4.37. The Morgan fingerprint density at radius 3 is 2.84 bits per heavy atom. The number of aliphatic hydroxyl groups is 1. The van der Waals surface area contributed by atoms with Gasteiger partial charge in [-0.3, -0.25) is 0 Å². The van der Waals surface area contributed by atoms with Crippen molar-refractivity contribution >= 4 is 23.5 Å². The molecule has 1 saturated carbocycles. The molecule has 0 bridgehead atoms. The molecule has 0 radical (unpaired) electrons. The number of rotatable bonds is 5. The van der Waals surface area contributed by atoms with Crippen LogP contribution in [0, 0.1) is 5.92 Å². The molecule has 0 aliphatic heterocycles. The number of urea groups is 1. The van der Waals surface area contributed by atoms with E-state index in [1.165, 1.54) is 0 Å². The summed E-state index contributed by atoms with van der Waals surface area (Å²) in [6.45, 7) is 1.86. The SMILES string of the molecule is CSc1cccc(NC(=O)NC(C)(CO)C2CC2)c1. The molecule has 0 aromatic heterocycles. The molecule has 1 unspecified atom stereocenters. The number of carbonyl (C=O) groups excluding carboxylic acids is 1. The summed E-state index contributed by atoms with van der Waals surface area (Å²) in [7, 11) is 0. The van der Waals surface area contributed by atoms with E-state index in [0.717, 1.165) is 23.4 Å². The summed E-state index contributed by atoms with van der Waals surface area (Å²) in [6, 6.07) is 7.43. The predicted molar refractivity (Wildman–Crippen MR) is 78.6 cm³/mol. The Hall–Kier alpha value is -1.20. The highest BCUT2D eigenvalue weighted by atomic mass is 32.2. The second kappa shape index (κ2) is 5.84. The van der Waals surface area contributed by atoms with E-state index < -0.39 is 5.54 Å². The fraction of sp³-hybridized carbons (Fsp3) is 0.500. The summed E-state index contributed by atoms with van der Waals surface area (Å²) in [5.74, 6) is 0.390. The first kappa shape index (κ1) is 14.2. The van der Waals surface area contributed by atoms with E-state index in [9.17, 15) is 9.90 Å². The van der Waals surface area contributed by atoms with Gasteiger partial charge in [-0.2, -0.15) is 0 Å². The van der Waals surface area contributed by atoms with Crippen LogP contribution in [0.25, 0.3) is 0 Å². The fourth-order valence-corrected chi connectivity index (χ4v) is 2.57. The number of carbonyl (C=O) groups is 1. The second-order valence-corrected chi connectivity index (χ2v) is 6.04. The zero-order valence-electron chi connectivity index (χ0n) is 11.3. The number of anilines is 1. The van der Waals surface area contributed by atoms with E-state index in [2.05, 4.69) is 10.6 Å². The van der Waals surface area contributed by atoms with Crippen LogP contribution in [0.4, 0.5) is 10.5 Å². The summed E-state index contributed by atoms with van der Waals surface area (Å²) in [6.07, 6.45) is 4.13. The van der Waals surface area contributed by atoms with Crippen molar-refractivity contribution in [3.63, 3.8) is 0 Å². The van der Waals surface area contributed by atoms with Gasteiger partial charge in [0.1, 0.15) is 0 Å².